The number of aromatic hydroxyl groups is 1. The Morgan fingerprint density at radius 2 is 1.70 bits per heavy atom. The van der Waals surface area contributed by atoms with Gasteiger partial charge in [-0.1, -0.05) is 69.3 Å². The summed E-state index contributed by atoms with van der Waals surface area (Å²) in [5.41, 5.74) is 6.96. The van der Waals surface area contributed by atoms with Crippen molar-refractivity contribution >= 4 is 29.1 Å². The number of phenols is 1. The highest BCUT2D eigenvalue weighted by Crippen LogP contribution is 2.32. The van der Waals surface area contributed by atoms with Gasteiger partial charge in [-0.2, -0.15) is 10.2 Å². The van der Waals surface area contributed by atoms with Crippen LogP contribution in [0.5, 0.6) is 11.5 Å². The van der Waals surface area contributed by atoms with Crippen LogP contribution in [-0.2, 0) is 14.4 Å². The number of amides is 3. The van der Waals surface area contributed by atoms with Crippen LogP contribution in [0.4, 0.5) is 0 Å². The van der Waals surface area contributed by atoms with Gasteiger partial charge in [0.25, 0.3) is 0 Å². The molecule has 1 fully saturated rings. The normalized spacial score (nSPS) is 16.6. The number of hydrogen-bond donors (Lipinski definition) is 4. The molecular formula is C43H48N6O6S. The van der Waals surface area contributed by atoms with E-state index in [9.17, 15) is 24.6 Å². The van der Waals surface area contributed by atoms with E-state index >= 15 is 0 Å². The van der Waals surface area contributed by atoms with Gasteiger partial charge >= 0.3 is 0 Å². The Kier molecular flexibility index (Phi) is 12.5. The summed E-state index contributed by atoms with van der Waals surface area (Å²) in [6.45, 7) is 9.71. The molecule has 1 saturated heterocycles. The number of para-hydroxylation sites is 1. The largest absolute Gasteiger partial charge is 0.507 e. The number of β-amino-alcohol motifs (C(OH)–C–C–N with tert-alkyl or cyclic N) is 1. The molecule has 3 aromatic carbocycles. The van der Waals surface area contributed by atoms with Crippen LogP contribution in [0.15, 0.2) is 90.6 Å². The first-order valence-corrected chi connectivity index (χ1v) is 19.6. The van der Waals surface area contributed by atoms with E-state index in [1.54, 1.807) is 35.7 Å². The van der Waals surface area contributed by atoms with Gasteiger partial charge < -0.3 is 30.5 Å². The Labute approximate surface area is 331 Å². The van der Waals surface area contributed by atoms with Gasteiger partial charge in [0, 0.05) is 30.5 Å². The third-order valence-corrected chi connectivity index (χ3v) is 10.9. The molecule has 3 heterocycles. The Morgan fingerprint density at radius 1 is 0.982 bits per heavy atom. The zero-order chi connectivity index (χ0) is 40.0. The summed E-state index contributed by atoms with van der Waals surface area (Å²) in [5, 5.41) is 35.0. The van der Waals surface area contributed by atoms with Gasteiger partial charge in [-0.05, 0) is 72.7 Å². The highest BCUT2D eigenvalue weighted by Gasteiger charge is 2.44. The summed E-state index contributed by atoms with van der Waals surface area (Å²) in [6.07, 6.45) is 1.43. The Balaban J connectivity index is 1.00. The summed E-state index contributed by atoms with van der Waals surface area (Å²) in [7, 11) is 0. The molecule has 4 N–H and O–H groups in total. The topological polar surface area (TPSA) is 167 Å². The van der Waals surface area contributed by atoms with E-state index in [2.05, 4.69) is 25.8 Å². The van der Waals surface area contributed by atoms with Crippen molar-refractivity contribution in [1.82, 2.24) is 30.7 Å². The van der Waals surface area contributed by atoms with E-state index in [1.807, 2.05) is 101 Å². The third kappa shape index (κ3) is 9.58. The molecule has 2 aromatic heterocycles. The molecule has 4 atom stereocenters. The Morgan fingerprint density at radius 3 is 2.38 bits per heavy atom. The number of nitrogens with zero attached hydrogens (tertiary/aromatic N) is 4. The van der Waals surface area contributed by atoms with Crippen molar-refractivity contribution in [2.75, 3.05) is 13.2 Å². The molecule has 5 aromatic rings. The Bertz CT molecular complexity index is 2150. The fourth-order valence-electron chi connectivity index (χ4n) is 6.76. The summed E-state index contributed by atoms with van der Waals surface area (Å²) in [6, 6.07) is 22.1. The first-order valence-electron chi connectivity index (χ1n) is 18.7. The van der Waals surface area contributed by atoms with Crippen molar-refractivity contribution in [3.05, 3.63) is 102 Å². The minimum absolute atomic E-state index is 0.00126. The fraction of sp³-hybridized carbons (Fsp3) is 0.349. The Hall–Kier alpha value is -5.66. The number of thiazole rings is 1. The highest BCUT2D eigenvalue weighted by atomic mass is 32.1. The number of aliphatic hydroxyl groups is 1. The number of rotatable bonds is 13. The maximum Gasteiger partial charge on any atom is 0.246 e. The second-order valence-electron chi connectivity index (χ2n) is 15.2. The first kappa shape index (κ1) is 40.0. The summed E-state index contributed by atoms with van der Waals surface area (Å²) in [5.74, 6) is -0.316. The zero-order valence-corrected chi connectivity index (χ0v) is 33.0. The van der Waals surface area contributed by atoms with Crippen molar-refractivity contribution in [2.45, 2.75) is 78.1 Å². The van der Waals surface area contributed by atoms with Gasteiger partial charge in [0.2, 0.25) is 17.7 Å². The number of ether oxygens (including phenoxy) is 1. The predicted molar refractivity (Wildman–Crippen MR) is 216 cm³/mol. The van der Waals surface area contributed by atoms with E-state index < -0.39 is 29.5 Å². The lowest BCUT2D eigenvalue weighted by atomic mass is 9.85. The average Bonchev–Trinajstić information content (AvgIpc) is 3.80. The number of phenolic OH excluding ortho intramolecular Hbond substituents is 1. The number of carbonyl (C=O) groups excluding carboxylic acids is 3. The number of likely N-dealkylation sites (tertiary alicyclic amines) is 1. The standard InChI is InChI=1S/C43H48N6O6S/c1-26(28-12-14-30(15-13-28)39-27(2)44-25-56-39)46-41(53)36-22-32(50)24-49(36)42(54)40(43(3,4)5)47-38(52)11-8-20-55-33-18-16-29(17-19-33)31-21-35(48-45-23-31)34-9-6-7-10-37(34)51/h6-7,9-10,12-19,21,23,25-26,32,36,40,50-51H,8,11,20,22,24H2,1-5H3,(H,46,53)(H,47,52)/t26?,32-,36+,40?/m1/s1. The minimum atomic E-state index is -0.918. The number of aromatic nitrogens is 3. The molecule has 0 radical (unpaired) electrons. The maximum absolute atomic E-state index is 14.0. The number of aliphatic hydroxyl groups excluding tert-OH is 1. The quantitative estimate of drug-likeness (QED) is 0.0980. The molecule has 1 aliphatic rings. The van der Waals surface area contributed by atoms with Crippen LogP contribution >= 0.6 is 11.3 Å². The molecule has 13 heteroatoms. The van der Waals surface area contributed by atoms with E-state index in [4.69, 9.17) is 4.74 Å². The van der Waals surface area contributed by atoms with Crippen molar-refractivity contribution in [3.63, 3.8) is 0 Å². The molecule has 0 aliphatic carbocycles. The molecule has 6 rings (SSSR count). The van der Waals surface area contributed by atoms with Crippen LogP contribution < -0.4 is 15.4 Å². The van der Waals surface area contributed by atoms with Gasteiger partial charge in [0.1, 0.15) is 23.6 Å². The second-order valence-corrected chi connectivity index (χ2v) is 16.1. The number of aryl methyl sites for hydroxylation is 1. The van der Waals surface area contributed by atoms with E-state index in [-0.39, 0.29) is 49.6 Å². The molecule has 56 heavy (non-hydrogen) atoms. The van der Waals surface area contributed by atoms with Gasteiger partial charge in [-0.25, -0.2) is 4.98 Å². The summed E-state index contributed by atoms with van der Waals surface area (Å²) >= 11 is 1.58. The molecular weight excluding hydrogens is 729 g/mol. The predicted octanol–water partition coefficient (Wildman–Crippen LogP) is 6.48. The lowest BCUT2D eigenvalue weighted by Crippen LogP contribution is -2.57. The van der Waals surface area contributed by atoms with E-state index in [0.717, 1.165) is 32.8 Å². The SMILES string of the molecule is Cc1ncsc1-c1ccc(C(C)NC(=O)[C@@H]2C[C@@H](O)CN2C(=O)C(NC(=O)CCCOc2ccc(-c3cnnc(-c4ccccc4O)c3)cc2)C(C)(C)C)cc1. The number of nitrogens with one attached hydrogen (secondary N) is 2. The van der Waals surface area contributed by atoms with E-state index in [0.29, 0.717) is 23.4 Å². The fourth-order valence-corrected chi connectivity index (χ4v) is 7.57. The molecule has 1 aliphatic heterocycles. The van der Waals surface area contributed by atoms with Crippen molar-refractivity contribution in [1.29, 1.82) is 0 Å². The van der Waals surface area contributed by atoms with Gasteiger partial charge in [-0.15, -0.1) is 11.3 Å². The van der Waals surface area contributed by atoms with Crippen molar-refractivity contribution < 1.29 is 29.3 Å². The smallest absolute Gasteiger partial charge is 0.246 e. The second kappa shape index (κ2) is 17.4. The van der Waals surface area contributed by atoms with Gasteiger partial charge in [0.15, 0.2) is 0 Å². The minimum Gasteiger partial charge on any atom is -0.507 e. The zero-order valence-electron chi connectivity index (χ0n) is 32.2. The van der Waals surface area contributed by atoms with Gasteiger partial charge in [-0.3, -0.25) is 14.4 Å². The summed E-state index contributed by atoms with van der Waals surface area (Å²) < 4.78 is 5.91. The maximum atomic E-state index is 14.0. The number of benzene rings is 3. The molecule has 3 amide bonds. The molecule has 0 bridgehead atoms. The van der Waals surface area contributed by atoms with Crippen LogP contribution in [-0.4, -0.2) is 79.4 Å². The third-order valence-electron chi connectivity index (χ3n) is 9.90. The van der Waals surface area contributed by atoms with Gasteiger partial charge in [0.05, 0.1) is 46.7 Å². The monoisotopic (exact) mass is 776 g/mol. The summed E-state index contributed by atoms with van der Waals surface area (Å²) in [4.78, 5) is 47.7. The van der Waals surface area contributed by atoms with Crippen LogP contribution in [0.3, 0.4) is 0 Å². The molecule has 0 spiro atoms. The molecule has 0 saturated carbocycles. The molecule has 12 nitrogen and oxygen atoms in total. The number of carbonyl (C=O) groups is 3. The molecule has 2 unspecified atom stereocenters. The van der Waals surface area contributed by atoms with Crippen molar-refractivity contribution in [2.24, 2.45) is 5.41 Å². The van der Waals surface area contributed by atoms with Crippen LogP contribution in [0.1, 0.15) is 64.3 Å². The van der Waals surface area contributed by atoms with Crippen LogP contribution in [0.2, 0.25) is 0 Å². The van der Waals surface area contributed by atoms with E-state index in [1.165, 1.54) is 4.90 Å². The van der Waals surface area contributed by atoms with Crippen molar-refractivity contribution in [3.8, 4) is 44.3 Å². The lowest BCUT2D eigenvalue weighted by Gasteiger charge is -2.35. The van der Waals surface area contributed by atoms with Crippen LogP contribution in [0.25, 0.3) is 32.8 Å². The van der Waals surface area contributed by atoms with Crippen LogP contribution in [0, 0.1) is 12.3 Å². The number of hydrogen-bond acceptors (Lipinski definition) is 10. The first-order chi connectivity index (χ1) is 26.8. The average molecular weight is 777 g/mol. The molecule has 292 valence electrons. The lowest BCUT2D eigenvalue weighted by molar-refractivity contribution is -0.144. The highest BCUT2D eigenvalue weighted by molar-refractivity contribution is 7.13.